The molecular weight excluding hydrogens is 222 g/mol. The second-order valence-electron chi connectivity index (χ2n) is 3.74. The largest absolute Gasteiger partial charge is 0.337 e. The Labute approximate surface area is 99.1 Å². The lowest BCUT2D eigenvalue weighted by Gasteiger charge is -2.04. The van der Waals surface area contributed by atoms with Crippen molar-refractivity contribution in [3.63, 3.8) is 0 Å². The minimum Gasteiger partial charge on any atom is -0.337 e. The van der Waals surface area contributed by atoms with Crippen LogP contribution in [0.25, 0.3) is 0 Å². The highest BCUT2D eigenvalue weighted by molar-refractivity contribution is 7.71. The highest BCUT2D eigenvalue weighted by Crippen LogP contribution is 2.02. The van der Waals surface area contributed by atoms with Crippen LogP contribution in [0.1, 0.15) is 18.7 Å². The van der Waals surface area contributed by atoms with Crippen molar-refractivity contribution in [2.45, 2.75) is 32.9 Å². The van der Waals surface area contributed by atoms with E-state index in [2.05, 4.69) is 19.7 Å². The maximum Gasteiger partial charge on any atom is 0.195 e. The van der Waals surface area contributed by atoms with E-state index in [-0.39, 0.29) is 0 Å². The van der Waals surface area contributed by atoms with Gasteiger partial charge in [0.25, 0.3) is 0 Å². The average Bonchev–Trinajstić information content (AvgIpc) is 2.87. The van der Waals surface area contributed by atoms with Crippen molar-refractivity contribution < 1.29 is 0 Å². The molecule has 0 aromatic carbocycles. The standard InChI is InChI=1S/C10H15N5S/c1-9-12-13-10(16)15(9)6-3-2-5-14-7-4-11-8-14/h4,7-8H,2-3,5-6H2,1H3,(H,13,16). The summed E-state index contributed by atoms with van der Waals surface area (Å²) in [6, 6.07) is 0. The lowest BCUT2D eigenvalue weighted by atomic mass is 10.3. The Morgan fingerprint density at radius 2 is 2.19 bits per heavy atom. The number of nitrogens with zero attached hydrogens (tertiary/aromatic N) is 4. The fourth-order valence-electron chi connectivity index (χ4n) is 1.64. The van der Waals surface area contributed by atoms with E-state index in [1.54, 1.807) is 6.20 Å². The number of imidazole rings is 1. The highest BCUT2D eigenvalue weighted by Gasteiger charge is 1.99. The van der Waals surface area contributed by atoms with Crippen molar-refractivity contribution >= 4 is 12.2 Å². The number of aromatic nitrogens is 5. The summed E-state index contributed by atoms with van der Waals surface area (Å²) in [5, 5.41) is 6.87. The highest BCUT2D eigenvalue weighted by atomic mass is 32.1. The van der Waals surface area contributed by atoms with E-state index in [1.807, 2.05) is 24.0 Å². The van der Waals surface area contributed by atoms with Gasteiger partial charge in [0.1, 0.15) is 5.82 Å². The number of unbranched alkanes of at least 4 members (excludes halogenated alkanes) is 1. The first-order chi connectivity index (χ1) is 7.77. The van der Waals surface area contributed by atoms with Crippen LogP contribution in [-0.4, -0.2) is 24.3 Å². The van der Waals surface area contributed by atoms with Gasteiger partial charge in [0.05, 0.1) is 6.33 Å². The summed E-state index contributed by atoms with van der Waals surface area (Å²) in [6.07, 6.45) is 7.83. The molecule has 2 aromatic rings. The van der Waals surface area contributed by atoms with Gasteiger partial charge in [-0.3, -0.25) is 5.10 Å². The second-order valence-corrected chi connectivity index (χ2v) is 4.12. The molecule has 86 valence electrons. The van der Waals surface area contributed by atoms with Crippen LogP contribution in [0.15, 0.2) is 18.7 Å². The molecule has 0 unspecified atom stereocenters. The summed E-state index contributed by atoms with van der Waals surface area (Å²) in [5.41, 5.74) is 0. The Morgan fingerprint density at radius 3 is 2.81 bits per heavy atom. The monoisotopic (exact) mass is 237 g/mol. The summed E-state index contributed by atoms with van der Waals surface area (Å²) >= 11 is 5.13. The number of hydrogen-bond donors (Lipinski definition) is 1. The number of H-pyrrole nitrogens is 1. The minimum atomic E-state index is 0.708. The van der Waals surface area contributed by atoms with Crippen molar-refractivity contribution in [1.82, 2.24) is 24.3 Å². The normalized spacial score (nSPS) is 10.8. The molecule has 0 radical (unpaired) electrons. The molecule has 0 aliphatic rings. The van der Waals surface area contributed by atoms with E-state index in [4.69, 9.17) is 12.2 Å². The third kappa shape index (κ3) is 2.57. The molecule has 0 aliphatic heterocycles. The van der Waals surface area contributed by atoms with Crippen molar-refractivity contribution in [1.29, 1.82) is 0 Å². The van der Waals surface area contributed by atoms with E-state index in [9.17, 15) is 0 Å². The lowest BCUT2D eigenvalue weighted by Crippen LogP contribution is -2.02. The fourth-order valence-corrected chi connectivity index (χ4v) is 1.91. The van der Waals surface area contributed by atoms with Gasteiger partial charge in [-0.05, 0) is 32.0 Å². The number of nitrogens with one attached hydrogen (secondary N) is 1. The van der Waals surface area contributed by atoms with E-state index < -0.39 is 0 Å². The molecule has 5 nitrogen and oxygen atoms in total. The minimum absolute atomic E-state index is 0.708. The zero-order valence-corrected chi connectivity index (χ0v) is 10.1. The number of rotatable bonds is 5. The van der Waals surface area contributed by atoms with Crippen LogP contribution < -0.4 is 0 Å². The Morgan fingerprint density at radius 1 is 1.38 bits per heavy atom. The Hall–Kier alpha value is -1.43. The van der Waals surface area contributed by atoms with Gasteiger partial charge in [-0.2, -0.15) is 5.10 Å². The molecule has 16 heavy (non-hydrogen) atoms. The third-order valence-corrected chi connectivity index (χ3v) is 2.87. The van der Waals surface area contributed by atoms with Crippen LogP contribution in [0.4, 0.5) is 0 Å². The molecule has 0 atom stereocenters. The van der Waals surface area contributed by atoms with Gasteiger partial charge in [0.2, 0.25) is 0 Å². The molecule has 6 heteroatoms. The fraction of sp³-hybridized carbons (Fsp3) is 0.500. The maximum absolute atomic E-state index is 5.13. The van der Waals surface area contributed by atoms with E-state index in [0.717, 1.165) is 31.8 Å². The van der Waals surface area contributed by atoms with Crippen LogP contribution in [0.2, 0.25) is 0 Å². The molecular formula is C10H15N5S. The first-order valence-corrected chi connectivity index (χ1v) is 5.76. The predicted octanol–water partition coefficient (Wildman–Crippen LogP) is 1.93. The summed E-state index contributed by atoms with van der Waals surface area (Å²) in [6.45, 7) is 3.89. The van der Waals surface area contributed by atoms with Gasteiger partial charge < -0.3 is 9.13 Å². The zero-order valence-electron chi connectivity index (χ0n) is 9.26. The molecule has 0 aliphatic carbocycles. The average molecular weight is 237 g/mol. The van der Waals surface area contributed by atoms with Gasteiger partial charge in [-0.15, -0.1) is 0 Å². The van der Waals surface area contributed by atoms with E-state index in [1.165, 1.54) is 0 Å². The maximum atomic E-state index is 5.13. The van der Waals surface area contributed by atoms with Crippen molar-refractivity contribution in [3.05, 3.63) is 29.3 Å². The predicted molar refractivity (Wildman–Crippen MR) is 63.6 cm³/mol. The zero-order chi connectivity index (χ0) is 11.4. The SMILES string of the molecule is Cc1n[nH]c(=S)n1CCCCn1ccnc1. The second kappa shape index (κ2) is 5.07. The molecule has 0 saturated carbocycles. The van der Waals surface area contributed by atoms with Crippen molar-refractivity contribution in [2.75, 3.05) is 0 Å². The summed E-state index contributed by atoms with van der Waals surface area (Å²) in [5.74, 6) is 0.952. The summed E-state index contributed by atoms with van der Waals surface area (Å²) < 4.78 is 4.82. The van der Waals surface area contributed by atoms with Gasteiger partial charge in [-0.1, -0.05) is 0 Å². The molecule has 0 fully saturated rings. The molecule has 2 aromatic heterocycles. The molecule has 0 saturated heterocycles. The first kappa shape index (κ1) is 11.1. The molecule has 0 spiro atoms. The smallest absolute Gasteiger partial charge is 0.195 e. The Kier molecular flexibility index (Phi) is 3.51. The van der Waals surface area contributed by atoms with Gasteiger partial charge in [-0.25, -0.2) is 4.98 Å². The third-order valence-electron chi connectivity index (χ3n) is 2.56. The van der Waals surface area contributed by atoms with Crippen LogP contribution in [0, 0.1) is 11.7 Å². The first-order valence-electron chi connectivity index (χ1n) is 5.35. The molecule has 0 amide bonds. The lowest BCUT2D eigenvalue weighted by molar-refractivity contribution is 0.543. The van der Waals surface area contributed by atoms with Crippen LogP contribution in [0.3, 0.4) is 0 Å². The van der Waals surface area contributed by atoms with Gasteiger partial charge in [0, 0.05) is 25.5 Å². The number of aryl methyl sites for hydroxylation is 2. The quantitative estimate of drug-likeness (QED) is 0.638. The van der Waals surface area contributed by atoms with Crippen molar-refractivity contribution in [2.24, 2.45) is 0 Å². The topological polar surface area (TPSA) is 51.4 Å². The Bertz CT molecular complexity index is 482. The molecule has 2 rings (SSSR count). The number of hydrogen-bond acceptors (Lipinski definition) is 3. The molecule has 0 bridgehead atoms. The number of aromatic amines is 1. The van der Waals surface area contributed by atoms with Crippen LogP contribution in [-0.2, 0) is 13.1 Å². The van der Waals surface area contributed by atoms with Crippen LogP contribution in [0.5, 0.6) is 0 Å². The van der Waals surface area contributed by atoms with Crippen molar-refractivity contribution in [3.8, 4) is 0 Å². The van der Waals surface area contributed by atoms with E-state index >= 15 is 0 Å². The van der Waals surface area contributed by atoms with E-state index in [0.29, 0.717) is 4.77 Å². The molecule has 1 N–H and O–H groups in total. The summed E-state index contributed by atoms with van der Waals surface area (Å²) in [7, 11) is 0. The van der Waals surface area contributed by atoms with Gasteiger partial charge in [0.15, 0.2) is 4.77 Å². The van der Waals surface area contributed by atoms with Gasteiger partial charge >= 0.3 is 0 Å². The Balaban J connectivity index is 1.78. The van der Waals surface area contributed by atoms with Crippen LogP contribution >= 0.6 is 12.2 Å². The summed E-state index contributed by atoms with van der Waals surface area (Å²) in [4.78, 5) is 4.01. The molecule has 2 heterocycles.